The molecule has 0 unspecified atom stereocenters. The van der Waals surface area contributed by atoms with E-state index in [0.717, 1.165) is 38.6 Å². The third kappa shape index (κ3) is 3.80. The number of sulfonamides is 1. The molecule has 0 aliphatic heterocycles. The molecule has 5 rings (SSSR count). The van der Waals surface area contributed by atoms with E-state index in [2.05, 4.69) is 19.7 Å². The summed E-state index contributed by atoms with van der Waals surface area (Å²) in [6.45, 7) is -0.306. The van der Waals surface area contributed by atoms with Crippen molar-refractivity contribution in [3.63, 3.8) is 0 Å². The number of hydrogen-bond acceptors (Lipinski definition) is 4. The molecular formula is C24H22N4O3S. The van der Waals surface area contributed by atoms with Gasteiger partial charge in [0.05, 0.1) is 11.5 Å². The van der Waals surface area contributed by atoms with Crippen molar-refractivity contribution in [2.45, 2.75) is 17.4 Å². The average molecular weight is 447 g/mol. The summed E-state index contributed by atoms with van der Waals surface area (Å²) in [6, 6.07) is 17.7. The van der Waals surface area contributed by atoms with Crippen LogP contribution in [0.25, 0.3) is 33.1 Å². The zero-order valence-corrected chi connectivity index (χ0v) is 17.9. The van der Waals surface area contributed by atoms with Crippen molar-refractivity contribution in [3.8, 4) is 11.1 Å². The Bertz CT molecular complexity index is 1490. The first-order chi connectivity index (χ1) is 15.5. The molecule has 1 atom stereocenters. The van der Waals surface area contributed by atoms with E-state index >= 15 is 0 Å². The van der Waals surface area contributed by atoms with Gasteiger partial charge in [-0.2, -0.15) is 0 Å². The van der Waals surface area contributed by atoms with E-state index in [1.165, 1.54) is 0 Å². The van der Waals surface area contributed by atoms with Crippen molar-refractivity contribution in [2.75, 3.05) is 6.61 Å². The minimum Gasteiger partial charge on any atom is -0.395 e. The zero-order valence-electron chi connectivity index (χ0n) is 17.1. The van der Waals surface area contributed by atoms with Crippen molar-refractivity contribution in [1.82, 2.24) is 19.7 Å². The van der Waals surface area contributed by atoms with Gasteiger partial charge in [0.15, 0.2) is 0 Å². The molecule has 0 bridgehead atoms. The molecular weight excluding hydrogens is 424 g/mol. The maximum absolute atomic E-state index is 13.0. The molecule has 3 aromatic heterocycles. The van der Waals surface area contributed by atoms with Crippen LogP contribution in [0.15, 0.2) is 84.1 Å². The first-order valence-electron chi connectivity index (χ1n) is 10.3. The topological polar surface area (TPSA) is 111 Å². The van der Waals surface area contributed by atoms with Gasteiger partial charge in [-0.3, -0.25) is 0 Å². The quantitative estimate of drug-likeness (QED) is 0.306. The average Bonchev–Trinajstić information content (AvgIpc) is 3.46. The highest BCUT2D eigenvalue weighted by Gasteiger charge is 2.21. The molecule has 0 amide bonds. The predicted molar refractivity (Wildman–Crippen MR) is 125 cm³/mol. The Balaban J connectivity index is 1.37. The van der Waals surface area contributed by atoms with Crippen LogP contribution < -0.4 is 4.72 Å². The predicted octanol–water partition coefficient (Wildman–Crippen LogP) is 3.59. The molecule has 0 fully saturated rings. The molecule has 32 heavy (non-hydrogen) atoms. The molecule has 0 radical (unpaired) electrons. The van der Waals surface area contributed by atoms with Gasteiger partial charge in [0.2, 0.25) is 10.0 Å². The summed E-state index contributed by atoms with van der Waals surface area (Å²) in [5, 5.41) is 11.8. The Morgan fingerprint density at radius 1 is 0.969 bits per heavy atom. The molecule has 2 aromatic carbocycles. The van der Waals surface area contributed by atoms with Crippen molar-refractivity contribution < 1.29 is 13.5 Å². The number of H-pyrrole nitrogens is 2. The number of para-hydroxylation sites is 1. The number of aliphatic hydroxyl groups excluding tert-OH is 1. The number of rotatable bonds is 7. The number of hydrogen-bond donors (Lipinski definition) is 4. The molecule has 0 saturated heterocycles. The van der Waals surface area contributed by atoms with Crippen molar-refractivity contribution in [1.29, 1.82) is 0 Å². The third-order valence-electron chi connectivity index (χ3n) is 5.62. The monoisotopic (exact) mass is 446 g/mol. The number of aromatic amines is 2. The Labute approximate surface area is 185 Å². The van der Waals surface area contributed by atoms with E-state index in [9.17, 15) is 13.5 Å². The summed E-state index contributed by atoms with van der Waals surface area (Å²) in [5.74, 6) is 0. The van der Waals surface area contributed by atoms with Gasteiger partial charge in [0, 0.05) is 40.9 Å². The van der Waals surface area contributed by atoms with Gasteiger partial charge < -0.3 is 15.1 Å². The molecule has 162 valence electrons. The molecule has 0 aliphatic carbocycles. The standard InChI is InChI=1S/C24H22N4O3S/c29-15-18(13-17-14-27-23-4-2-1-3-21(17)23)28-32(30,31)19-7-5-16(6-8-19)20-9-11-25-24-22(20)10-12-26-24/h1-12,14,18,27-29H,13,15H2,(H,25,26)/t18-/m0/s1. The van der Waals surface area contributed by atoms with Crippen LogP contribution in [0.5, 0.6) is 0 Å². The van der Waals surface area contributed by atoms with E-state index < -0.39 is 16.1 Å². The largest absolute Gasteiger partial charge is 0.395 e. The van der Waals surface area contributed by atoms with E-state index in [1.54, 1.807) is 30.5 Å². The van der Waals surface area contributed by atoms with Crippen LogP contribution in [0.2, 0.25) is 0 Å². The van der Waals surface area contributed by atoms with E-state index in [-0.39, 0.29) is 11.5 Å². The second kappa shape index (κ2) is 8.23. The maximum atomic E-state index is 13.0. The summed E-state index contributed by atoms with van der Waals surface area (Å²) in [6.07, 6.45) is 5.77. The molecule has 8 heteroatoms. The number of nitrogens with zero attached hydrogens (tertiary/aromatic N) is 1. The van der Waals surface area contributed by atoms with Crippen LogP contribution in [0, 0.1) is 0 Å². The summed E-state index contributed by atoms with van der Waals surface area (Å²) in [7, 11) is -3.80. The molecule has 7 nitrogen and oxygen atoms in total. The van der Waals surface area contributed by atoms with Gasteiger partial charge >= 0.3 is 0 Å². The Kier molecular flexibility index (Phi) is 5.26. The van der Waals surface area contributed by atoms with Crippen molar-refractivity contribution in [2.24, 2.45) is 0 Å². The number of aromatic nitrogens is 3. The summed E-state index contributed by atoms with van der Waals surface area (Å²) in [4.78, 5) is 10.7. The molecule has 0 saturated carbocycles. The summed E-state index contributed by atoms with van der Waals surface area (Å²) < 4.78 is 28.6. The normalized spacial score (nSPS) is 13.0. The Morgan fingerprint density at radius 2 is 1.78 bits per heavy atom. The van der Waals surface area contributed by atoms with Gasteiger partial charge in [-0.05, 0) is 53.4 Å². The lowest BCUT2D eigenvalue weighted by Crippen LogP contribution is -2.39. The van der Waals surface area contributed by atoms with Crippen LogP contribution in [0.4, 0.5) is 0 Å². The lowest BCUT2D eigenvalue weighted by atomic mass is 10.0. The van der Waals surface area contributed by atoms with Gasteiger partial charge in [0.25, 0.3) is 0 Å². The Hall–Kier alpha value is -3.46. The summed E-state index contributed by atoms with van der Waals surface area (Å²) in [5.41, 5.74) is 4.58. The first kappa shape index (κ1) is 20.4. The van der Waals surface area contributed by atoms with Crippen LogP contribution >= 0.6 is 0 Å². The molecule has 4 N–H and O–H groups in total. The molecule has 5 aromatic rings. The fraction of sp³-hybridized carbons (Fsp3) is 0.125. The SMILES string of the molecule is O=S(=O)(N[C@H](CO)Cc1c[nH]c2ccccc12)c1ccc(-c2ccnc3[nH]ccc23)cc1. The van der Waals surface area contributed by atoms with Crippen molar-refractivity contribution >= 4 is 32.0 Å². The van der Waals surface area contributed by atoms with E-state index in [1.807, 2.05) is 48.8 Å². The zero-order chi connectivity index (χ0) is 22.1. The minimum absolute atomic E-state index is 0.151. The highest BCUT2D eigenvalue weighted by Crippen LogP contribution is 2.28. The second-order valence-electron chi connectivity index (χ2n) is 7.69. The lowest BCUT2D eigenvalue weighted by Gasteiger charge is -2.16. The smallest absolute Gasteiger partial charge is 0.240 e. The highest BCUT2D eigenvalue weighted by atomic mass is 32.2. The van der Waals surface area contributed by atoms with Crippen LogP contribution in [-0.4, -0.2) is 41.1 Å². The maximum Gasteiger partial charge on any atom is 0.240 e. The van der Waals surface area contributed by atoms with E-state index in [4.69, 9.17) is 0 Å². The number of benzene rings is 2. The summed E-state index contributed by atoms with van der Waals surface area (Å²) >= 11 is 0. The Morgan fingerprint density at radius 3 is 2.59 bits per heavy atom. The number of nitrogens with one attached hydrogen (secondary N) is 3. The fourth-order valence-corrected chi connectivity index (χ4v) is 5.25. The highest BCUT2D eigenvalue weighted by molar-refractivity contribution is 7.89. The van der Waals surface area contributed by atoms with Gasteiger partial charge in [-0.1, -0.05) is 30.3 Å². The molecule has 0 spiro atoms. The molecule has 0 aliphatic rings. The van der Waals surface area contributed by atoms with Crippen LogP contribution in [0.1, 0.15) is 5.56 Å². The second-order valence-corrected chi connectivity index (χ2v) is 9.40. The van der Waals surface area contributed by atoms with Gasteiger partial charge in [-0.25, -0.2) is 18.1 Å². The fourth-order valence-electron chi connectivity index (χ4n) is 4.02. The first-order valence-corrected chi connectivity index (χ1v) is 11.7. The number of pyridine rings is 1. The van der Waals surface area contributed by atoms with Crippen LogP contribution in [-0.2, 0) is 16.4 Å². The van der Waals surface area contributed by atoms with Gasteiger partial charge in [-0.15, -0.1) is 0 Å². The molecule has 3 heterocycles. The number of fused-ring (bicyclic) bond motifs is 2. The minimum atomic E-state index is -3.80. The van der Waals surface area contributed by atoms with E-state index in [0.29, 0.717) is 6.42 Å². The van der Waals surface area contributed by atoms with Crippen LogP contribution in [0.3, 0.4) is 0 Å². The number of aliphatic hydroxyl groups is 1. The lowest BCUT2D eigenvalue weighted by molar-refractivity contribution is 0.256. The van der Waals surface area contributed by atoms with Gasteiger partial charge in [0.1, 0.15) is 5.65 Å². The third-order valence-corrected chi connectivity index (χ3v) is 7.16. The van der Waals surface area contributed by atoms with Crippen molar-refractivity contribution in [3.05, 3.63) is 84.8 Å².